The summed E-state index contributed by atoms with van der Waals surface area (Å²) in [5, 5.41) is 12.9. The minimum Gasteiger partial charge on any atom is -0.487 e. The first-order valence-electron chi connectivity index (χ1n) is 6.80. The second-order valence-electron chi connectivity index (χ2n) is 5.50. The molecular weight excluding hydrogens is 243 g/mol. The number of ether oxygens (including phenoxy) is 1. The van der Waals surface area contributed by atoms with Crippen LogP contribution in [0.4, 0.5) is 4.39 Å². The zero-order chi connectivity index (χ0) is 13.3. The van der Waals surface area contributed by atoms with E-state index in [2.05, 4.69) is 11.4 Å². The van der Waals surface area contributed by atoms with Gasteiger partial charge in [0.25, 0.3) is 0 Å². The van der Waals surface area contributed by atoms with Crippen molar-refractivity contribution < 1.29 is 9.13 Å². The van der Waals surface area contributed by atoms with E-state index in [4.69, 9.17) is 4.74 Å². The number of hydrogen-bond acceptors (Lipinski definition) is 3. The monoisotopic (exact) mass is 260 g/mol. The number of benzene rings is 1. The van der Waals surface area contributed by atoms with Gasteiger partial charge in [0.15, 0.2) is 11.6 Å². The molecule has 0 heterocycles. The maximum atomic E-state index is 13.5. The molecule has 19 heavy (non-hydrogen) atoms. The van der Waals surface area contributed by atoms with Crippen molar-refractivity contribution in [2.45, 2.75) is 37.3 Å². The van der Waals surface area contributed by atoms with E-state index in [0.717, 1.165) is 25.7 Å². The van der Waals surface area contributed by atoms with E-state index >= 15 is 0 Å². The molecule has 0 amide bonds. The summed E-state index contributed by atoms with van der Waals surface area (Å²) in [6.45, 7) is 0.214. The van der Waals surface area contributed by atoms with Gasteiger partial charge in [0.1, 0.15) is 12.1 Å². The molecule has 3 nitrogen and oxygen atoms in total. The first-order chi connectivity index (χ1) is 9.23. The molecule has 2 saturated carbocycles. The van der Waals surface area contributed by atoms with Crippen LogP contribution in [0.15, 0.2) is 24.3 Å². The number of hydrogen-bond donors (Lipinski definition) is 1. The lowest BCUT2D eigenvalue weighted by Crippen LogP contribution is -2.52. The number of nitrogens with zero attached hydrogens (tertiary/aromatic N) is 1. The van der Waals surface area contributed by atoms with Crippen LogP contribution in [-0.4, -0.2) is 18.2 Å². The molecule has 1 aromatic carbocycles. The van der Waals surface area contributed by atoms with Crippen molar-refractivity contribution >= 4 is 0 Å². The van der Waals surface area contributed by atoms with Crippen LogP contribution in [0.25, 0.3) is 0 Å². The summed E-state index contributed by atoms with van der Waals surface area (Å²) in [7, 11) is 0. The Balaban J connectivity index is 1.71. The zero-order valence-corrected chi connectivity index (χ0v) is 10.7. The standard InChI is InChI=1S/C15H17FN2O/c16-13-3-1-2-4-14(13)19-10-15(9-17,11-5-6-11)18-12-7-8-12/h1-4,11-12,18H,5-8,10H2. The summed E-state index contributed by atoms with van der Waals surface area (Å²) in [5.41, 5.74) is -0.649. The second kappa shape index (κ2) is 4.82. The maximum absolute atomic E-state index is 13.5. The van der Waals surface area contributed by atoms with E-state index in [0.29, 0.717) is 12.0 Å². The highest BCUT2D eigenvalue weighted by atomic mass is 19.1. The van der Waals surface area contributed by atoms with Crippen LogP contribution in [0.1, 0.15) is 25.7 Å². The van der Waals surface area contributed by atoms with Gasteiger partial charge in [-0.2, -0.15) is 5.26 Å². The predicted molar refractivity (Wildman–Crippen MR) is 69.1 cm³/mol. The summed E-state index contributed by atoms with van der Waals surface area (Å²) in [5.74, 6) is 0.182. The molecule has 1 unspecified atom stereocenters. The van der Waals surface area contributed by atoms with Crippen LogP contribution in [0.3, 0.4) is 0 Å². The molecule has 1 N–H and O–H groups in total. The van der Waals surface area contributed by atoms with E-state index < -0.39 is 5.54 Å². The lowest BCUT2D eigenvalue weighted by atomic mass is 9.96. The molecule has 0 spiro atoms. The molecule has 100 valence electrons. The molecule has 1 aromatic rings. The van der Waals surface area contributed by atoms with Gasteiger partial charge < -0.3 is 4.74 Å². The Morgan fingerprint density at radius 1 is 1.32 bits per heavy atom. The van der Waals surface area contributed by atoms with Gasteiger partial charge in [-0.1, -0.05) is 12.1 Å². The van der Waals surface area contributed by atoms with Gasteiger partial charge >= 0.3 is 0 Å². The van der Waals surface area contributed by atoms with Crippen LogP contribution < -0.4 is 10.1 Å². The number of nitriles is 1. The summed E-state index contributed by atoms with van der Waals surface area (Å²) in [6, 6.07) is 9.15. The Hall–Kier alpha value is -1.60. The van der Waals surface area contributed by atoms with E-state index in [1.54, 1.807) is 18.2 Å². The van der Waals surface area contributed by atoms with Gasteiger partial charge in [-0.3, -0.25) is 5.32 Å². The number of para-hydroxylation sites is 1. The highest BCUT2D eigenvalue weighted by Gasteiger charge is 2.49. The second-order valence-corrected chi connectivity index (χ2v) is 5.50. The molecule has 2 aliphatic rings. The highest BCUT2D eigenvalue weighted by Crippen LogP contribution is 2.41. The quantitative estimate of drug-likeness (QED) is 0.855. The minimum absolute atomic E-state index is 0.214. The van der Waals surface area contributed by atoms with E-state index in [1.807, 2.05) is 0 Å². The van der Waals surface area contributed by atoms with E-state index in [9.17, 15) is 9.65 Å². The van der Waals surface area contributed by atoms with E-state index in [1.165, 1.54) is 6.07 Å². The SMILES string of the molecule is N#CC(COc1ccccc1F)(NC1CC1)C1CC1. The van der Waals surface area contributed by atoms with Gasteiger partial charge in [-0.05, 0) is 43.7 Å². The van der Waals surface area contributed by atoms with Crippen LogP contribution in [0.5, 0.6) is 5.75 Å². The van der Waals surface area contributed by atoms with Crippen LogP contribution in [0, 0.1) is 23.1 Å². The molecule has 0 aromatic heterocycles. The summed E-state index contributed by atoms with van der Waals surface area (Å²) >= 11 is 0. The van der Waals surface area contributed by atoms with Crippen molar-refractivity contribution in [1.82, 2.24) is 5.32 Å². The molecular formula is C15H17FN2O. The molecule has 0 radical (unpaired) electrons. The third-order valence-corrected chi connectivity index (χ3v) is 3.80. The predicted octanol–water partition coefficient (Wildman–Crippen LogP) is 2.63. The first-order valence-corrected chi connectivity index (χ1v) is 6.80. The summed E-state index contributed by atoms with van der Waals surface area (Å²) < 4.78 is 19.1. The lowest BCUT2D eigenvalue weighted by molar-refractivity contribution is 0.194. The fourth-order valence-corrected chi connectivity index (χ4v) is 2.35. The lowest BCUT2D eigenvalue weighted by Gasteiger charge is -2.28. The van der Waals surface area contributed by atoms with Gasteiger partial charge in [0, 0.05) is 6.04 Å². The number of rotatable bonds is 6. The largest absolute Gasteiger partial charge is 0.487 e. The summed E-state index contributed by atoms with van der Waals surface area (Å²) in [6.07, 6.45) is 4.34. The van der Waals surface area contributed by atoms with Crippen molar-refractivity contribution in [2.75, 3.05) is 6.61 Å². The third kappa shape index (κ3) is 2.71. The molecule has 2 fully saturated rings. The Kier molecular flexibility index (Phi) is 3.16. The van der Waals surface area contributed by atoms with Crippen LogP contribution >= 0.6 is 0 Å². The Bertz CT molecular complexity index is 505. The van der Waals surface area contributed by atoms with Crippen molar-refractivity contribution in [3.63, 3.8) is 0 Å². The van der Waals surface area contributed by atoms with Crippen molar-refractivity contribution in [3.8, 4) is 11.8 Å². The fraction of sp³-hybridized carbons (Fsp3) is 0.533. The molecule has 3 rings (SSSR count). The average Bonchev–Trinajstić information content (AvgIpc) is 3.28. The van der Waals surface area contributed by atoms with Gasteiger partial charge in [0.05, 0.1) is 6.07 Å². The van der Waals surface area contributed by atoms with Crippen molar-refractivity contribution in [1.29, 1.82) is 5.26 Å². The number of halogens is 1. The molecule has 0 bridgehead atoms. The molecule has 2 aliphatic carbocycles. The van der Waals surface area contributed by atoms with Gasteiger partial charge in [0.2, 0.25) is 0 Å². The van der Waals surface area contributed by atoms with Crippen LogP contribution in [-0.2, 0) is 0 Å². The minimum atomic E-state index is -0.649. The fourth-order valence-electron chi connectivity index (χ4n) is 2.35. The highest BCUT2D eigenvalue weighted by molar-refractivity contribution is 5.25. The molecule has 1 atom stereocenters. The van der Waals surface area contributed by atoms with Crippen molar-refractivity contribution in [3.05, 3.63) is 30.1 Å². The Morgan fingerprint density at radius 2 is 2.05 bits per heavy atom. The molecule has 0 aliphatic heterocycles. The third-order valence-electron chi connectivity index (χ3n) is 3.80. The Morgan fingerprint density at radius 3 is 2.63 bits per heavy atom. The average molecular weight is 260 g/mol. The summed E-state index contributed by atoms with van der Waals surface area (Å²) in [4.78, 5) is 0. The maximum Gasteiger partial charge on any atom is 0.165 e. The normalized spacial score (nSPS) is 21.5. The molecule has 4 heteroatoms. The molecule has 0 saturated heterocycles. The first kappa shape index (κ1) is 12.4. The van der Waals surface area contributed by atoms with Gasteiger partial charge in [-0.25, -0.2) is 4.39 Å². The van der Waals surface area contributed by atoms with Gasteiger partial charge in [-0.15, -0.1) is 0 Å². The van der Waals surface area contributed by atoms with E-state index in [-0.39, 0.29) is 18.2 Å². The topological polar surface area (TPSA) is 45.0 Å². The van der Waals surface area contributed by atoms with Crippen LogP contribution in [0.2, 0.25) is 0 Å². The zero-order valence-electron chi connectivity index (χ0n) is 10.7. The number of nitrogens with one attached hydrogen (secondary N) is 1. The van der Waals surface area contributed by atoms with Crippen molar-refractivity contribution in [2.24, 2.45) is 5.92 Å². The smallest absolute Gasteiger partial charge is 0.165 e. The Labute approximate surface area is 112 Å².